The lowest BCUT2D eigenvalue weighted by atomic mass is 10.0. The van der Waals surface area contributed by atoms with Gasteiger partial charge in [-0.1, -0.05) is 30.3 Å². The molecule has 5 nitrogen and oxygen atoms in total. The molecule has 0 amide bonds. The standard InChI is InChI=1S/C18H10F3NO4S/c19-18(20,21)27(23,24)26-15-10-12(11-5-2-1-3-6-11)9-13-16-14(25-17(13)15)7-4-8-22-16/h1-10H. The monoisotopic (exact) mass is 393 g/mol. The molecule has 0 N–H and O–H groups in total. The Morgan fingerprint density at radius 2 is 1.70 bits per heavy atom. The van der Waals surface area contributed by atoms with Crippen molar-refractivity contribution in [2.75, 3.05) is 0 Å². The second kappa shape index (κ2) is 5.98. The van der Waals surface area contributed by atoms with Crippen LogP contribution < -0.4 is 4.18 Å². The van der Waals surface area contributed by atoms with Crippen molar-refractivity contribution >= 4 is 32.2 Å². The number of halogens is 3. The molecule has 138 valence electrons. The first-order valence-electron chi connectivity index (χ1n) is 7.64. The van der Waals surface area contributed by atoms with E-state index in [1.165, 1.54) is 12.3 Å². The minimum atomic E-state index is -5.86. The van der Waals surface area contributed by atoms with E-state index in [9.17, 15) is 21.6 Å². The van der Waals surface area contributed by atoms with E-state index in [1.807, 2.05) is 0 Å². The lowest BCUT2D eigenvalue weighted by molar-refractivity contribution is -0.0499. The number of aromatic nitrogens is 1. The van der Waals surface area contributed by atoms with E-state index in [-0.39, 0.29) is 5.58 Å². The number of nitrogens with zero attached hydrogens (tertiary/aromatic N) is 1. The van der Waals surface area contributed by atoms with Crippen molar-refractivity contribution in [3.63, 3.8) is 0 Å². The number of benzene rings is 2. The Labute approximate surface area is 151 Å². The Kier molecular flexibility index (Phi) is 3.84. The SMILES string of the molecule is O=S(=O)(Oc1cc(-c2ccccc2)cc2c1oc1cccnc12)C(F)(F)F. The van der Waals surface area contributed by atoms with Crippen molar-refractivity contribution in [3.8, 4) is 16.9 Å². The summed E-state index contributed by atoms with van der Waals surface area (Å²) in [5.41, 5.74) is -3.88. The van der Waals surface area contributed by atoms with Gasteiger partial charge in [-0.15, -0.1) is 0 Å². The number of pyridine rings is 1. The molecule has 0 saturated heterocycles. The van der Waals surface area contributed by atoms with Crippen LogP contribution in [0, 0.1) is 0 Å². The van der Waals surface area contributed by atoms with Gasteiger partial charge in [0.1, 0.15) is 5.52 Å². The van der Waals surface area contributed by atoms with Crippen molar-refractivity contribution < 1.29 is 30.2 Å². The first kappa shape index (κ1) is 17.3. The predicted octanol–water partition coefficient (Wildman–Crippen LogP) is 4.88. The summed E-state index contributed by atoms with van der Waals surface area (Å²) < 4.78 is 71.3. The van der Waals surface area contributed by atoms with Gasteiger partial charge in [0.25, 0.3) is 0 Å². The Hall–Kier alpha value is -3.07. The highest BCUT2D eigenvalue weighted by atomic mass is 32.2. The maximum absolute atomic E-state index is 12.8. The third-order valence-corrected chi connectivity index (χ3v) is 4.85. The van der Waals surface area contributed by atoms with Gasteiger partial charge in [-0.05, 0) is 35.4 Å². The number of hydrogen-bond donors (Lipinski definition) is 0. The van der Waals surface area contributed by atoms with E-state index in [0.29, 0.717) is 27.6 Å². The molecule has 0 bridgehead atoms. The molecule has 0 aliphatic carbocycles. The summed E-state index contributed by atoms with van der Waals surface area (Å²) in [6, 6.07) is 14.8. The summed E-state index contributed by atoms with van der Waals surface area (Å²) in [6.45, 7) is 0. The minimum absolute atomic E-state index is 0.129. The van der Waals surface area contributed by atoms with Crippen molar-refractivity contribution in [2.45, 2.75) is 5.51 Å². The number of rotatable bonds is 3. The quantitative estimate of drug-likeness (QED) is 0.367. The number of alkyl halides is 3. The fourth-order valence-electron chi connectivity index (χ4n) is 2.69. The van der Waals surface area contributed by atoms with Gasteiger partial charge in [0.05, 0.1) is 5.39 Å². The molecule has 0 aliphatic rings. The van der Waals surface area contributed by atoms with Crippen LogP contribution in [0.25, 0.3) is 33.2 Å². The summed E-state index contributed by atoms with van der Waals surface area (Å²) in [4.78, 5) is 4.17. The van der Waals surface area contributed by atoms with Crippen LogP contribution in [0.2, 0.25) is 0 Å². The van der Waals surface area contributed by atoms with E-state index in [0.717, 1.165) is 0 Å². The molecule has 0 fully saturated rings. The van der Waals surface area contributed by atoms with Crippen LogP contribution in [-0.4, -0.2) is 18.9 Å². The molecule has 2 aromatic carbocycles. The summed E-state index contributed by atoms with van der Waals surface area (Å²) in [5, 5.41) is 0.347. The molecule has 2 aromatic heterocycles. The smallest absolute Gasteiger partial charge is 0.450 e. The van der Waals surface area contributed by atoms with Gasteiger partial charge in [0, 0.05) is 6.20 Å². The topological polar surface area (TPSA) is 69.4 Å². The van der Waals surface area contributed by atoms with Crippen molar-refractivity contribution in [1.29, 1.82) is 0 Å². The zero-order valence-corrected chi connectivity index (χ0v) is 14.2. The molecule has 0 atom stereocenters. The molecule has 0 aliphatic heterocycles. The van der Waals surface area contributed by atoms with Crippen LogP contribution in [-0.2, 0) is 10.1 Å². The Morgan fingerprint density at radius 3 is 2.41 bits per heavy atom. The zero-order chi connectivity index (χ0) is 19.2. The van der Waals surface area contributed by atoms with Crippen LogP contribution in [0.5, 0.6) is 5.75 Å². The lowest BCUT2D eigenvalue weighted by Crippen LogP contribution is -2.28. The van der Waals surface area contributed by atoms with E-state index in [1.54, 1.807) is 48.5 Å². The fraction of sp³-hybridized carbons (Fsp3) is 0.0556. The molecule has 0 unspecified atom stereocenters. The maximum atomic E-state index is 12.8. The first-order valence-corrected chi connectivity index (χ1v) is 9.04. The number of fused-ring (bicyclic) bond motifs is 3. The van der Waals surface area contributed by atoms with Crippen LogP contribution in [0.1, 0.15) is 0 Å². The molecule has 4 rings (SSSR count). The van der Waals surface area contributed by atoms with Crippen molar-refractivity contribution in [2.24, 2.45) is 0 Å². The Balaban J connectivity index is 2.01. The molecular formula is C18H10F3NO4S. The second-order valence-electron chi connectivity index (χ2n) is 5.65. The highest BCUT2D eigenvalue weighted by molar-refractivity contribution is 7.88. The Bertz CT molecular complexity index is 1250. The molecule has 27 heavy (non-hydrogen) atoms. The average Bonchev–Trinajstić information content (AvgIpc) is 3.00. The van der Waals surface area contributed by atoms with E-state index < -0.39 is 21.4 Å². The summed E-state index contributed by atoms with van der Waals surface area (Å²) in [7, 11) is -5.86. The molecule has 0 radical (unpaired) electrons. The lowest BCUT2D eigenvalue weighted by Gasteiger charge is -2.11. The van der Waals surface area contributed by atoms with Gasteiger partial charge < -0.3 is 8.60 Å². The Morgan fingerprint density at radius 1 is 0.963 bits per heavy atom. The van der Waals surface area contributed by atoms with Gasteiger partial charge in [-0.25, -0.2) is 0 Å². The molecule has 0 saturated carbocycles. The third kappa shape index (κ3) is 2.99. The molecule has 2 heterocycles. The van der Waals surface area contributed by atoms with Gasteiger partial charge in [0.15, 0.2) is 16.9 Å². The normalized spacial score (nSPS) is 12.6. The second-order valence-corrected chi connectivity index (χ2v) is 7.19. The third-order valence-electron chi connectivity index (χ3n) is 3.88. The van der Waals surface area contributed by atoms with E-state index in [2.05, 4.69) is 9.17 Å². The maximum Gasteiger partial charge on any atom is 0.534 e. The molecule has 4 aromatic rings. The van der Waals surface area contributed by atoms with Gasteiger partial charge in [-0.3, -0.25) is 4.98 Å². The van der Waals surface area contributed by atoms with Crippen molar-refractivity contribution in [1.82, 2.24) is 4.98 Å². The van der Waals surface area contributed by atoms with Crippen LogP contribution in [0.15, 0.2) is 65.2 Å². The largest absolute Gasteiger partial charge is 0.534 e. The van der Waals surface area contributed by atoms with Crippen LogP contribution in [0.3, 0.4) is 0 Å². The molecule has 0 spiro atoms. The number of hydrogen-bond acceptors (Lipinski definition) is 5. The first-order chi connectivity index (χ1) is 12.8. The molecule has 9 heteroatoms. The zero-order valence-electron chi connectivity index (χ0n) is 13.4. The highest BCUT2D eigenvalue weighted by Gasteiger charge is 2.49. The number of furan rings is 1. The van der Waals surface area contributed by atoms with Crippen LogP contribution in [0.4, 0.5) is 13.2 Å². The summed E-state index contributed by atoms with van der Waals surface area (Å²) >= 11 is 0. The highest BCUT2D eigenvalue weighted by Crippen LogP contribution is 2.39. The van der Waals surface area contributed by atoms with E-state index >= 15 is 0 Å². The predicted molar refractivity (Wildman–Crippen MR) is 92.6 cm³/mol. The minimum Gasteiger partial charge on any atom is -0.450 e. The van der Waals surface area contributed by atoms with E-state index in [4.69, 9.17) is 4.42 Å². The van der Waals surface area contributed by atoms with Gasteiger partial charge in [0.2, 0.25) is 0 Å². The van der Waals surface area contributed by atoms with Crippen LogP contribution >= 0.6 is 0 Å². The van der Waals surface area contributed by atoms with Crippen molar-refractivity contribution in [3.05, 3.63) is 60.8 Å². The summed E-state index contributed by atoms with van der Waals surface area (Å²) in [6.07, 6.45) is 1.50. The van der Waals surface area contributed by atoms with Gasteiger partial charge >= 0.3 is 15.6 Å². The summed E-state index contributed by atoms with van der Waals surface area (Å²) in [5.74, 6) is -0.554. The molecular weight excluding hydrogens is 383 g/mol. The fourth-order valence-corrected chi connectivity index (χ4v) is 3.15. The average molecular weight is 393 g/mol. The van der Waals surface area contributed by atoms with Gasteiger partial charge in [-0.2, -0.15) is 21.6 Å².